The van der Waals surface area contributed by atoms with Crippen molar-refractivity contribution >= 4 is 15.4 Å². The predicted octanol–water partition coefficient (Wildman–Crippen LogP) is 5.95. The van der Waals surface area contributed by atoms with E-state index >= 15 is 0 Å². The van der Waals surface area contributed by atoms with E-state index in [9.17, 15) is 13.8 Å². The molecule has 0 heterocycles. The fraction of sp³-hybridized carbons (Fsp3) is 1.00. The summed E-state index contributed by atoms with van der Waals surface area (Å²) in [5, 5.41) is 8.93. The quantitative estimate of drug-likeness (QED) is 0.0955. The summed E-state index contributed by atoms with van der Waals surface area (Å²) in [4.78, 5) is 9.64. The van der Waals surface area contributed by atoms with E-state index in [0.29, 0.717) is 26.1 Å². The molecule has 2 N–H and O–H groups in total. The summed E-state index contributed by atoms with van der Waals surface area (Å²) in [7, 11) is 1.52. The molecular weight excluding hydrogens is 433 g/mol. The van der Waals surface area contributed by atoms with Crippen molar-refractivity contribution in [2.24, 2.45) is 0 Å². The molecular formula is C23H47BFO6P. The van der Waals surface area contributed by atoms with Crippen molar-refractivity contribution in [3.05, 3.63) is 0 Å². The Morgan fingerprint density at radius 1 is 0.844 bits per heavy atom. The van der Waals surface area contributed by atoms with Crippen molar-refractivity contribution in [1.29, 1.82) is 0 Å². The zero-order chi connectivity index (χ0) is 23.9. The smallest absolute Gasteiger partial charge is 0.353 e. The van der Waals surface area contributed by atoms with E-state index < -0.39 is 26.2 Å². The van der Waals surface area contributed by atoms with Gasteiger partial charge < -0.3 is 24.0 Å². The first kappa shape index (κ1) is 32.0. The highest BCUT2D eigenvalue weighted by Gasteiger charge is 2.21. The van der Waals surface area contributed by atoms with Gasteiger partial charge in [-0.15, -0.1) is 0 Å². The second kappa shape index (κ2) is 22.8. The number of hydrogen-bond donors (Lipinski definition) is 2. The van der Waals surface area contributed by atoms with Gasteiger partial charge in [0.05, 0.1) is 33.3 Å². The van der Waals surface area contributed by atoms with E-state index in [4.69, 9.17) is 27.0 Å². The van der Waals surface area contributed by atoms with Crippen LogP contribution in [0, 0.1) is 0 Å². The van der Waals surface area contributed by atoms with Crippen LogP contribution in [0.4, 0.5) is 4.39 Å². The third-order valence-corrected chi connectivity index (χ3v) is 6.37. The molecule has 2 unspecified atom stereocenters. The van der Waals surface area contributed by atoms with E-state index in [1.807, 2.05) is 0 Å². The highest BCUT2D eigenvalue weighted by molar-refractivity contribution is 7.52. The van der Waals surface area contributed by atoms with Crippen LogP contribution in [0.5, 0.6) is 0 Å². The molecule has 0 spiro atoms. The van der Waals surface area contributed by atoms with Gasteiger partial charge in [0.25, 0.3) is 0 Å². The van der Waals surface area contributed by atoms with Crippen molar-refractivity contribution in [2.75, 3.05) is 32.8 Å². The lowest BCUT2D eigenvalue weighted by molar-refractivity contribution is 0.0394. The van der Waals surface area contributed by atoms with Gasteiger partial charge in [-0.2, -0.15) is 0 Å². The molecule has 0 bridgehead atoms. The minimum Gasteiger partial charge on any atom is -0.394 e. The summed E-state index contributed by atoms with van der Waals surface area (Å²) >= 11 is 0. The normalized spacial score (nSPS) is 15.5. The Morgan fingerprint density at radius 3 is 1.84 bits per heavy atom. The first-order chi connectivity index (χ1) is 15.4. The van der Waals surface area contributed by atoms with Gasteiger partial charge in [0.15, 0.2) is 0 Å². The van der Waals surface area contributed by atoms with Crippen molar-refractivity contribution in [3.8, 4) is 0 Å². The topological polar surface area (TPSA) is 85.2 Å². The average Bonchev–Trinajstić information content (AvgIpc) is 2.75. The van der Waals surface area contributed by atoms with Crippen molar-refractivity contribution in [1.82, 2.24) is 0 Å². The fourth-order valence-corrected chi connectivity index (χ4v) is 4.19. The standard InChI is InChI=1S/C23H47BFO6P/c1-22(25)15-12-10-8-6-4-2-3-5-7-9-11-13-16-29-17-14-18-31-32(27,28)21-30-23(19-24)20-26/h22-23,26H,2-21H2,1H3,(H,27,28)/t22?,23-/m0/s1. The van der Waals surface area contributed by atoms with Crippen LogP contribution in [0.25, 0.3) is 0 Å². The van der Waals surface area contributed by atoms with E-state index in [1.165, 1.54) is 64.2 Å². The van der Waals surface area contributed by atoms with Crippen LogP contribution in [0.15, 0.2) is 0 Å². The third kappa shape index (κ3) is 23.2. The van der Waals surface area contributed by atoms with Crippen LogP contribution in [-0.2, 0) is 18.6 Å². The Morgan fingerprint density at radius 2 is 1.34 bits per heavy atom. The number of rotatable bonds is 25. The second-order valence-corrected chi connectivity index (χ2v) is 10.4. The SMILES string of the molecule is [B]C[C@@H](CO)OCP(=O)(O)OCCCOCCCCCCCCCCCCCCC(C)F. The Hall–Kier alpha value is 0.0249. The summed E-state index contributed by atoms with van der Waals surface area (Å²) in [5.41, 5.74) is 0. The fourth-order valence-electron chi connectivity index (χ4n) is 3.30. The molecule has 3 atom stereocenters. The van der Waals surface area contributed by atoms with Gasteiger partial charge in [0.1, 0.15) is 6.35 Å². The first-order valence-corrected chi connectivity index (χ1v) is 14.3. The second-order valence-electron chi connectivity index (χ2n) is 8.58. The molecule has 0 aliphatic rings. The Bertz CT molecular complexity index is 441. The van der Waals surface area contributed by atoms with Crippen molar-refractivity contribution < 1.29 is 33.0 Å². The number of ether oxygens (including phenoxy) is 2. The molecule has 190 valence electrons. The molecule has 0 amide bonds. The number of halogens is 1. The van der Waals surface area contributed by atoms with Crippen LogP contribution in [0.3, 0.4) is 0 Å². The Balaban J connectivity index is 3.27. The third-order valence-electron chi connectivity index (χ3n) is 5.31. The number of hydrogen-bond acceptors (Lipinski definition) is 5. The van der Waals surface area contributed by atoms with Gasteiger partial charge in [0, 0.05) is 13.2 Å². The maximum Gasteiger partial charge on any atom is 0.353 e. The van der Waals surface area contributed by atoms with Gasteiger partial charge in [-0.1, -0.05) is 76.9 Å². The van der Waals surface area contributed by atoms with Gasteiger partial charge in [0.2, 0.25) is 0 Å². The molecule has 0 rings (SSSR count). The molecule has 0 aromatic heterocycles. The van der Waals surface area contributed by atoms with Crippen LogP contribution >= 0.6 is 7.60 Å². The Labute approximate surface area is 196 Å². The molecule has 2 radical (unpaired) electrons. The van der Waals surface area contributed by atoms with E-state index in [0.717, 1.165) is 12.8 Å². The molecule has 0 aliphatic heterocycles. The number of unbranched alkanes of at least 4 members (excludes halogenated alkanes) is 11. The highest BCUT2D eigenvalue weighted by Crippen LogP contribution is 2.42. The molecule has 0 aliphatic carbocycles. The minimum absolute atomic E-state index is 0.0776. The Kier molecular flexibility index (Phi) is 22.8. The van der Waals surface area contributed by atoms with Crippen LogP contribution < -0.4 is 0 Å². The zero-order valence-corrected chi connectivity index (χ0v) is 21.1. The molecule has 0 saturated carbocycles. The molecule has 9 heteroatoms. The largest absolute Gasteiger partial charge is 0.394 e. The molecule has 0 aromatic carbocycles. The predicted molar refractivity (Wildman–Crippen MR) is 129 cm³/mol. The van der Waals surface area contributed by atoms with E-state index in [-0.39, 0.29) is 19.5 Å². The van der Waals surface area contributed by atoms with Gasteiger partial charge in [-0.05, 0) is 26.2 Å². The minimum atomic E-state index is -3.82. The number of aliphatic hydroxyl groups is 1. The van der Waals surface area contributed by atoms with Gasteiger partial charge >= 0.3 is 7.60 Å². The number of aliphatic hydroxyl groups excluding tert-OH is 1. The maximum atomic E-state index is 12.7. The highest BCUT2D eigenvalue weighted by atomic mass is 31.2. The molecule has 6 nitrogen and oxygen atoms in total. The average molecular weight is 480 g/mol. The lowest BCUT2D eigenvalue weighted by atomic mass is 10.0. The molecule has 32 heavy (non-hydrogen) atoms. The molecule has 0 aromatic rings. The monoisotopic (exact) mass is 480 g/mol. The molecule has 0 fully saturated rings. The summed E-state index contributed by atoms with van der Waals surface area (Å²) in [5.74, 6) is 0. The van der Waals surface area contributed by atoms with E-state index in [1.54, 1.807) is 6.92 Å². The van der Waals surface area contributed by atoms with Crippen LogP contribution in [-0.4, -0.2) is 62.9 Å². The van der Waals surface area contributed by atoms with Crippen LogP contribution in [0.2, 0.25) is 6.32 Å². The summed E-state index contributed by atoms with van der Waals surface area (Å²) < 4.78 is 40.0. The first-order valence-electron chi connectivity index (χ1n) is 12.5. The summed E-state index contributed by atoms with van der Waals surface area (Å²) in [6.07, 6.45) is 14.2. The zero-order valence-electron chi connectivity index (χ0n) is 20.2. The lowest BCUT2D eigenvalue weighted by Crippen LogP contribution is -2.18. The van der Waals surface area contributed by atoms with Gasteiger partial charge in [-0.3, -0.25) is 4.57 Å². The van der Waals surface area contributed by atoms with Gasteiger partial charge in [-0.25, -0.2) is 4.39 Å². The lowest BCUT2D eigenvalue weighted by Gasteiger charge is -2.17. The van der Waals surface area contributed by atoms with Crippen LogP contribution in [0.1, 0.15) is 96.8 Å². The number of alkyl halides is 1. The summed E-state index contributed by atoms with van der Waals surface area (Å²) in [6.45, 7) is 2.67. The van der Waals surface area contributed by atoms with Crippen molar-refractivity contribution in [3.63, 3.8) is 0 Å². The van der Waals surface area contributed by atoms with E-state index in [2.05, 4.69) is 0 Å². The maximum absolute atomic E-state index is 12.7. The summed E-state index contributed by atoms with van der Waals surface area (Å²) in [6, 6.07) is 0. The van der Waals surface area contributed by atoms with Crippen molar-refractivity contribution in [2.45, 2.75) is 115 Å². The molecule has 0 saturated heterocycles.